The van der Waals surface area contributed by atoms with Gasteiger partial charge in [-0.2, -0.15) is 0 Å². The van der Waals surface area contributed by atoms with Crippen LogP contribution in [0.3, 0.4) is 0 Å². The van der Waals surface area contributed by atoms with Crippen molar-refractivity contribution in [3.63, 3.8) is 0 Å². The normalized spacial score (nSPS) is 37.1. The number of hydrogen-bond acceptors (Lipinski definition) is 7. The quantitative estimate of drug-likeness (QED) is 0.244. The second-order valence-corrected chi connectivity index (χ2v) is 3.54. The van der Waals surface area contributed by atoms with Crippen LogP contribution in [-0.2, 0) is 14.3 Å². The number of carbonyl (C=O) groups is 1. The second-order valence-electron chi connectivity index (χ2n) is 3.54. The fraction of sp³-hybridized carbons (Fsp3) is 0.875. The van der Waals surface area contributed by atoms with Crippen LogP contribution in [0.2, 0.25) is 0 Å². The van der Waals surface area contributed by atoms with E-state index in [0.29, 0.717) is 0 Å². The van der Waals surface area contributed by atoms with Crippen molar-refractivity contribution in [1.82, 2.24) is 0 Å². The fourth-order valence-corrected chi connectivity index (χ4v) is 1.45. The summed E-state index contributed by atoms with van der Waals surface area (Å²) < 4.78 is 9.48. The van der Waals surface area contributed by atoms with Gasteiger partial charge in [0.05, 0.1) is 6.10 Å². The molecule has 9 nitrogen and oxygen atoms in total. The van der Waals surface area contributed by atoms with E-state index in [1.807, 2.05) is 0 Å². The van der Waals surface area contributed by atoms with Gasteiger partial charge in [0.25, 0.3) is 0 Å². The first-order valence-electron chi connectivity index (χ1n) is 4.84. The molecule has 96 valence electrons. The first-order valence-corrected chi connectivity index (χ1v) is 4.84. The van der Waals surface area contributed by atoms with Gasteiger partial charge in [0.1, 0.15) is 24.9 Å². The number of rotatable bonds is 3. The molecule has 1 heterocycles. The van der Waals surface area contributed by atoms with Crippen LogP contribution in [0.15, 0.2) is 5.11 Å². The van der Waals surface area contributed by atoms with Gasteiger partial charge in [-0.1, -0.05) is 5.11 Å². The molecule has 0 aliphatic carbocycles. The molecule has 0 amide bonds. The third kappa shape index (κ3) is 3.29. The highest BCUT2D eigenvalue weighted by Gasteiger charge is 2.43. The van der Waals surface area contributed by atoms with Gasteiger partial charge in [0.2, 0.25) is 0 Å². The molecule has 0 aromatic heterocycles. The number of carbonyl (C=O) groups excluding carboxylic acids is 1. The Kier molecular flexibility index (Phi) is 4.67. The molecule has 1 saturated heterocycles. The average Bonchev–Trinajstić information content (AvgIpc) is 2.27. The van der Waals surface area contributed by atoms with Crippen molar-refractivity contribution in [2.24, 2.45) is 5.11 Å². The van der Waals surface area contributed by atoms with Crippen molar-refractivity contribution in [1.29, 1.82) is 0 Å². The smallest absolute Gasteiger partial charge is 0.302 e. The number of aliphatic hydroxyl groups excluding tert-OH is 3. The van der Waals surface area contributed by atoms with Gasteiger partial charge in [-0.15, -0.1) is 0 Å². The Bertz CT molecular complexity index is 331. The maximum Gasteiger partial charge on any atom is 0.302 e. The highest BCUT2D eigenvalue weighted by molar-refractivity contribution is 5.65. The van der Waals surface area contributed by atoms with Crippen molar-refractivity contribution >= 4 is 5.97 Å². The predicted octanol–water partition coefficient (Wildman–Crippen LogP) is -1.33. The highest BCUT2D eigenvalue weighted by atomic mass is 16.6. The lowest BCUT2D eigenvalue weighted by Gasteiger charge is -2.38. The predicted molar refractivity (Wildman–Crippen MR) is 52.5 cm³/mol. The summed E-state index contributed by atoms with van der Waals surface area (Å²) in [5.41, 5.74) is 8.21. The van der Waals surface area contributed by atoms with Crippen LogP contribution in [0.5, 0.6) is 0 Å². The summed E-state index contributed by atoms with van der Waals surface area (Å²) in [7, 11) is 0. The third-order valence-corrected chi connectivity index (χ3v) is 2.32. The maximum absolute atomic E-state index is 10.6. The third-order valence-electron chi connectivity index (χ3n) is 2.32. The van der Waals surface area contributed by atoms with E-state index >= 15 is 0 Å². The average molecular weight is 247 g/mol. The van der Waals surface area contributed by atoms with E-state index in [-0.39, 0.29) is 6.61 Å². The molecule has 3 N–H and O–H groups in total. The van der Waals surface area contributed by atoms with Crippen LogP contribution >= 0.6 is 0 Å². The van der Waals surface area contributed by atoms with Gasteiger partial charge >= 0.3 is 5.97 Å². The van der Waals surface area contributed by atoms with E-state index in [1.54, 1.807) is 0 Å². The molecule has 0 saturated carbocycles. The van der Waals surface area contributed by atoms with Gasteiger partial charge in [-0.3, -0.25) is 4.79 Å². The summed E-state index contributed by atoms with van der Waals surface area (Å²) in [6, 6.07) is -1.30. The molecule has 17 heavy (non-hydrogen) atoms. The molecule has 5 atom stereocenters. The summed E-state index contributed by atoms with van der Waals surface area (Å²) in [4.78, 5) is 13.0. The van der Waals surface area contributed by atoms with Gasteiger partial charge in [-0.05, 0) is 5.53 Å². The maximum atomic E-state index is 10.6. The molecule has 0 aromatic rings. The lowest BCUT2D eigenvalue weighted by atomic mass is 9.98. The molecule has 0 spiro atoms. The topological polar surface area (TPSA) is 145 Å². The summed E-state index contributed by atoms with van der Waals surface area (Å²) >= 11 is 0. The Morgan fingerprint density at radius 3 is 2.65 bits per heavy atom. The fourth-order valence-electron chi connectivity index (χ4n) is 1.45. The number of ether oxygens (including phenoxy) is 2. The Labute approximate surface area is 96.2 Å². The highest BCUT2D eigenvalue weighted by Crippen LogP contribution is 2.22. The standard InChI is InChI=1S/C8H13N3O6/c1-3(12)16-2-4-6(13)7(14)5(10-11-9)8(15)17-4/h4-8,13-15H,2H2,1H3/t4?,5?,6-,7?,8?/m1/s1. The minimum Gasteiger partial charge on any atom is -0.463 e. The molecular formula is C8H13N3O6. The molecule has 0 bridgehead atoms. The van der Waals surface area contributed by atoms with Crippen molar-refractivity contribution < 1.29 is 29.6 Å². The monoisotopic (exact) mass is 247 g/mol. The van der Waals surface area contributed by atoms with E-state index in [1.165, 1.54) is 6.92 Å². The number of azide groups is 1. The Balaban J connectivity index is 2.68. The number of esters is 1. The van der Waals surface area contributed by atoms with E-state index in [9.17, 15) is 20.1 Å². The number of nitrogens with zero attached hydrogens (tertiary/aromatic N) is 3. The van der Waals surface area contributed by atoms with Crippen LogP contribution in [0, 0.1) is 0 Å². The van der Waals surface area contributed by atoms with Crippen LogP contribution < -0.4 is 0 Å². The zero-order valence-electron chi connectivity index (χ0n) is 9.00. The second kappa shape index (κ2) is 5.80. The van der Waals surface area contributed by atoms with Gasteiger partial charge in [0, 0.05) is 11.8 Å². The minimum absolute atomic E-state index is 0.312. The van der Waals surface area contributed by atoms with Gasteiger partial charge < -0.3 is 24.8 Å². The molecule has 4 unspecified atom stereocenters. The molecule has 0 radical (unpaired) electrons. The van der Waals surface area contributed by atoms with E-state index < -0.39 is 36.6 Å². The molecule has 0 aromatic carbocycles. The molecule has 1 rings (SSSR count). The summed E-state index contributed by atoms with van der Waals surface area (Å²) in [6.45, 7) is 0.860. The lowest BCUT2D eigenvalue weighted by Crippen LogP contribution is -2.57. The molecule has 1 fully saturated rings. The Morgan fingerprint density at radius 2 is 2.12 bits per heavy atom. The first kappa shape index (κ1) is 13.7. The Morgan fingerprint density at radius 1 is 1.47 bits per heavy atom. The van der Waals surface area contributed by atoms with Gasteiger partial charge in [-0.25, -0.2) is 0 Å². The van der Waals surface area contributed by atoms with Crippen LogP contribution in [0.4, 0.5) is 0 Å². The molecular weight excluding hydrogens is 234 g/mol. The summed E-state index contributed by atoms with van der Waals surface area (Å²) in [5, 5.41) is 31.7. The van der Waals surface area contributed by atoms with Crippen molar-refractivity contribution in [3.05, 3.63) is 10.4 Å². The zero-order valence-corrected chi connectivity index (χ0v) is 9.00. The largest absolute Gasteiger partial charge is 0.463 e. The van der Waals surface area contributed by atoms with Crippen LogP contribution in [0.1, 0.15) is 6.92 Å². The number of hydrogen-bond donors (Lipinski definition) is 3. The summed E-state index contributed by atoms with van der Waals surface area (Å²) in [6.07, 6.45) is -5.55. The Hall–Kier alpha value is -1.38. The molecule has 9 heteroatoms. The summed E-state index contributed by atoms with van der Waals surface area (Å²) in [5.74, 6) is -0.582. The molecule has 1 aliphatic heterocycles. The van der Waals surface area contributed by atoms with E-state index in [4.69, 9.17) is 10.3 Å². The number of aliphatic hydroxyl groups is 3. The van der Waals surface area contributed by atoms with Crippen LogP contribution in [0.25, 0.3) is 10.4 Å². The van der Waals surface area contributed by atoms with E-state index in [2.05, 4.69) is 14.8 Å². The lowest BCUT2D eigenvalue weighted by molar-refractivity contribution is -0.250. The van der Waals surface area contributed by atoms with E-state index in [0.717, 1.165) is 0 Å². The zero-order chi connectivity index (χ0) is 13.0. The SMILES string of the molecule is CC(=O)OCC1OC(O)C(N=[N+]=[N-])C(O)[C@@H]1O. The van der Waals surface area contributed by atoms with Crippen molar-refractivity contribution in [3.8, 4) is 0 Å². The van der Waals surface area contributed by atoms with Crippen molar-refractivity contribution in [2.45, 2.75) is 37.6 Å². The first-order chi connectivity index (χ1) is 7.97. The molecule has 1 aliphatic rings. The van der Waals surface area contributed by atoms with Gasteiger partial charge in [0.15, 0.2) is 6.29 Å². The van der Waals surface area contributed by atoms with Crippen LogP contribution in [-0.4, -0.2) is 58.5 Å². The van der Waals surface area contributed by atoms with Crippen molar-refractivity contribution in [2.75, 3.05) is 6.61 Å². The minimum atomic E-state index is -1.56.